The Kier molecular flexibility index (Phi) is 2.67. The first-order valence-corrected chi connectivity index (χ1v) is 5.44. The third-order valence-corrected chi connectivity index (χ3v) is 2.58. The number of aryl methyl sites for hydroxylation is 3. The molecule has 0 saturated heterocycles. The molecule has 0 aliphatic rings. The first-order chi connectivity index (χ1) is 7.20. The van der Waals surface area contributed by atoms with E-state index in [1.54, 1.807) is 0 Å². The van der Waals surface area contributed by atoms with Crippen molar-refractivity contribution in [1.82, 2.24) is 9.97 Å². The molecule has 1 heterocycles. The second kappa shape index (κ2) is 3.97. The maximum atomic E-state index is 4.64. The summed E-state index contributed by atoms with van der Waals surface area (Å²) in [6.45, 7) is 6.29. The first-order valence-electron chi connectivity index (χ1n) is 5.44. The monoisotopic (exact) mass is 200 g/mol. The van der Waals surface area contributed by atoms with E-state index in [4.69, 9.17) is 0 Å². The number of aromatic nitrogens is 2. The van der Waals surface area contributed by atoms with Gasteiger partial charge < -0.3 is 0 Å². The van der Waals surface area contributed by atoms with Crippen molar-refractivity contribution in [2.45, 2.75) is 33.6 Å². The van der Waals surface area contributed by atoms with Crippen LogP contribution in [0.2, 0.25) is 0 Å². The molecule has 0 radical (unpaired) electrons. The lowest BCUT2D eigenvalue weighted by molar-refractivity contribution is 0.865. The smallest absolute Gasteiger partial charge is 0.0892 e. The SMILES string of the molecule is CCCc1nc2ccc(C)cc2nc1C. The van der Waals surface area contributed by atoms with Gasteiger partial charge in [0.2, 0.25) is 0 Å². The zero-order valence-corrected chi connectivity index (χ0v) is 9.54. The Morgan fingerprint density at radius 2 is 1.87 bits per heavy atom. The predicted octanol–water partition coefficient (Wildman–Crippen LogP) is 3.20. The summed E-state index contributed by atoms with van der Waals surface area (Å²) in [5.74, 6) is 0. The van der Waals surface area contributed by atoms with E-state index in [0.29, 0.717) is 0 Å². The van der Waals surface area contributed by atoms with Crippen molar-refractivity contribution in [2.75, 3.05) is 0 Å². The summed E-state index contributed by atoms with van der Waals surface area (Å²) >= 11 is 0. The Bertz CT molecular complexity index is 489. The molecular weight excluding hydrogens is 184 g/mol. The molecule has 0 bridgehead atoms. The summed E-state index contributed by atoms with van der Waals surface area (Å²) in [4.78, 5) is 9.24. The van der Waals surface area contributed by atoms with Crippen LogP contribution in [0.5, 0.6) is 0 Å². The molecule has 0 aliphatic heterocycles. The molecule has 78 valence electrons. The van der Waals surface area contributed by atoms with Gasteiger partial charge in [-0.25, -0.2) is 9.97 Å². The van der Waals surface area contributed by atoms with E-state index in [1.165, 1.54) is 5.56 Å². The fourth-order valence-corrected chi connectivity index (χ4v) is 1.76. The van der Waals surface area contributed by atoms with E-state index in [2.05, 4.69) is 42.0 Å². The van der Waals surface area contributed by atoms with E-state index in [9.17, 15) is 0 Å². The van der Waals surface area contributed by atoms with Crippen LogP contribution in [0.3, 0.4) is 0 Å². The molecule has 2 nitrogen and oxygen atoms in total. The standard InChI is InChI=1S/C13H16N2/c1-4-5-11-10(3)14-13-8-9(2)6-7-12(13)15-11/h6-8H,4-5H2,1-3H3. The van der Waals surface area contributed by atoms with Gasteiger partial charge in [-0.3, -0.25) is 0 Å². The maximum Gasteiger partial charge on any atom is 0.0892 e. The molecule has 2 aromatic rings. The highest BCUT2D eigenvalue weighted by Crippen LogP contribution is 2.15. The highest BCUT2D eigenvalue weighted by molar-refractivity contribution is 5.75. The van der Waals surface area contributed by atoms with Crippen molar-refractivity contribution in [2.24, 2.45) is 0 Å². The Labute approximate surface area is 90.4 Å². The van der Waals surface area contributed by atoms with Crippen LogP contribution in [0.4, 0.5) is 0 Å². The quantitative estimate of drug-likeness (QED) is 0.744. The van der Waals surface area contributed by atoms with E-state index >= 15 is 0 Å². The van der Waals surface area contributed by atoms with Crippen molar-refractivity contribution in [3.8, 4) is 0 Å². The molecule has 0 aliphatic carbocycles. The second-order valence-electron chi connectivity index (χ2n) is 4.00. The van der Waals surface area contributed by atoms with Gasteiger partial charge in [-0.05, 0) is 38.0 Å². The van der Waals surface area contributed by atoms with Gasteiger partial charge >= 0.3 is 0 Å². The Morgan fingerprint density at radius 1 is 1.07 bits per heavy atom. The number of benzene rings is 1. The van der Waals surface area contributed by atoms with Gasteiger partial charge in [0.25, 0.3) is 0 Å². The number of rotatable bonds is 2. The molecule has 0 atom stereocenters. The normalized spacial score (nSPS) is 10.9. The summed E-state index contributed by atoms with van der Waals surface area (Å²) in [5, 5.41) is 0. The average molecular weight is 200 g/mol. The topological polar surface area (TPSA) is 25.8 Å². The summed E-state index contributed by atoms with van der Waals surface area (Å²) in [6, 6.07) is 6.23. The predicted molar refractivity (Wildman–Crippen MR) is 63.0 cm³/mol. The Hall–Kier alpha value is -1.44. The molecule has 0 unspecified atom stereocenters. The molecule has 0 fully saturated rings. The zero-order chi connectivity index (χ0) is 10.8. The minimum Gasteiger partial charge on any atom is -0.250 e. The lowest BCUT2D eigenvalue weighted by Crippen LogP contribution is -1.98. The third kappa shape index (κ3) is 1.99. The fraction of sp³-hybridized carbons (Fsp3) is 0.385. The van der Waals surface area contributed by atoms with Gasteiger partial charge in [-0.2, -0.15) is 0 Å². The molecule has 1 aromatic heterocycles. The molecular formula is C13H16N2. The molecule has 0 N–H and O–H groups in total. The lowest BCUT2D eigenvalue weighted by Gasteiger charge is -2.05. The maximum absolute atomic E-state index is 4.64. The zero-order valence-electron chi connectivity index (χ0n) is 9.54. The molecule has 0 amide bonds. The van der Waals surface area contributed by atoms with Crippen molar-refractivity contribution >= 4 is 11.0 Å². The van der Waals surface area contributed by atoms with E-state index in [1.807, 2.05) is 6.92 Å². The van der Waals surface area contributed by atoms with Gasteiger partial charge in [0.05, 0.1) is 22.4 Å². The van der Waals surface area contributed by atoms with Crippen LogP contribution in [-0.4, -0.2) is 9.97 Å². The molecule has 0 saturated carbocycles. The van der Waals surface area contributed by atoms with Crippen LogP contribution in [0.25, 0.3) is 11.0 Å². The van der Waals surface area contributed by atoms with Gasteiger partial charge in [-0.15, -0.1) is 0 Å². The van der Waals surface area contributed by atoms with E-state index in [-0.39, 0.29) is 0 Å². The van der Waals surface area contributed by atoms with Gasteiger partial charge in [-0.1, -0.05) is 19.4 Å². The summed E-state index contributed by atoms with van der Waals surface area (Å²) in [7, 11) is 0. The number of hydrogen-bond donors (Lipinski definition) is 0. The van der Waals surface area contributed by atoms with Crippen molar-refractivity contribution in [1.29, 1.82) is 0 Å². The molecule has 15 heavy (non-hydrogen) atoms. The third-order valence-electron chi connectivity index (χ3n) is 2.58. The van der Waals surface area contributed by atoms with Crippen LogP contribution in [-0.2, 0) is 6.42 Å². The van der Waals surface area contributed by atoms with Crippen LogP contribution < -0.4 is 0 Å². The highest BCUT2D eigenvalue weighted by atomic mass is 14.8. The summed E-state index contributed by atoms with van der Waals surface area (Å²) in [6.07, 6.45) is 2.13. The molecule has 1 aromatic carbocycles. The number of hydrogen-bond acceptors (Lipinski definition) is 2. The second-order valence-corrected chi connectivity index (χ2v) is 4.00. The largest absolute Gasteiger partial charge is 0.250 e. The average Bonchev–Trinajstić information content (AvgIpc) is 2.20. The van der Waals surface area contributed by atoms with Crippen molar-refractivity contribution in [3.63, 3.8) is 0 Å². The van der Waals surface area contributed by atoms with Crippen LogP contribution in [0.1, 0.15) is 30.3 Å². The van der Waals surface area contributed by atoms with E-state index in [0.717, 1.165) is 35.3 Å². The lowest BCUT2D eigenvalue weighted by atomic mass is 10.1. The molecule has 2 heteroatoms. The Balaban J connectivity index is 2.60. The number of fused-ring (bicyclic) bond motifs is 1. The van der Waals surface area contributed by atoms with Crippen LogP contribution in [0, 0.1) is 13.8 Å². The summed E-state index contributed by atoms with van der Waals surface area (Å²) < 4.78 is 0. The minimum absolute atomic E-state index is 1.01. The Morgan fingerprint density at radius 3 is 2.60 bits per heavy atom. The minimum atomic E-state index is 1.01. The van der Waals surface area contributed by atoms with Crippen molar-refractivity contribution in [3.05, 3.63) is 35.2 Å². The van der Waals surface area contributed by atoms with Gasteiger partial charge in [0.15, 0.2) is 0 Å². The van der Waals surface area contributed by atoms with Gasteiger partial charge in [0.1, 0.15) is 0 Å². The molecule has 2 rings (SSSR count). The van der Waals surface area contributed by atoms with E-state index < -0.39 is 0 Å². The highest BCUT2D eigenvalue weighted by Gasteiger charge is 2.03. The van der Waals surface area contributed by atoms with Gasteiger partial charge in [0, 0.05) is 0 Å². The number of nitrogens with zero attached hydrogens (tertiary/aromatic N) is 2. The van der Waals surface area contributed by atoms with Crippen LogP contribution in [0.15, 0.2) is 18.2 Å². The summed E-state index contributed by atoms with van der Waals surface area (Å²) in [5.41, 5.74) is 5.45. The molecule has 0 spiro atoms. The van der Waals surface area contributed by atoms with Crippen LogP contribution >= 0.6 is 0 Å². The first kappa shape index (κ1) is 10.1. The van der Waals surface area contributed by atoms with Crippen molar-refractivity contribution < 1.29 is 0 Å². The fourth-order valence-electron chi connectivity index (χ4n) is 1.76.